The lowest BCUT2D eigenvalue weighted by molar-refractivity contribution is -0.384. The van der Waals surface area contributed by atoms with E-state index in [9.17, 15) is 14.9 Å². The van der Waals surface area contributed by atoms with Crippen LogP contribution in [0.25, 0.3) is 0 Å². The summed E-state index contributed by atoms with van der Waals surface area (Å²) in [7, 11) is 0. The molecule has 0 aliphatic carbocycles. The van der Waals surface area contributed by atoms with E-state index in [4.69, 9.17) is 4.74 Å². The first-order valence-corrected chi connectivity index (χ1v) is 11.6. The summed E-state index contributed by atoms with van der Waals surface area (Å²) in [5, 5.41) is 22.5. The van der Waals surface area contributed by atoms with Crippen LogP contribution in [0.2, 0.25) is 0 Å². The topological polar surface area (TPSA) is 112 Å². The summed E-state index contributed by atoms with van der Waals surface area (Å²) >= 11 is 1.21. The van der Waals surface area contributed by atoms with Crippen molar-refractivity contribution in [1.82, 2.24) is 14.8 Å². The number of allylic oxidation sites excluding steroid dienone is 1. The highest BCUT2D eigenvalue weighted by Crippen LogP contribution is 2.25. The second-order valence-electron chi connectivity index (χ2n) is 8.51. The van der Waals surface area contributed by atoms with E-state index in [0.717, 1.165) is 5.75 Å². The van der Waals surface area contributed by atoms with Crippen LogP contribution in [0.4, 0.5) is 11.4 Å². The molecule has 1 heterocycles. The van der Waals surface area contributed by atoms with E-state index >= 15 is 0 Å². The molecule has 10 heteroatoms. The van der Waals surface area contributed by atoms with Gasteiger partial charge < -0.3 is 10.1 Å². The van der Waals surface area contributed by atoms with Crippen LogP contribution in [0.15, 0.2) is 66.3 Å². The number of aromatic nitrogens is 3. The Labute approximate surface area is 202 Å². The Morgan fingerprint density at radius 3 is 2.62 bits per heavy atom. The molecule has 1 amide bonds. The van der Waals surface area contributed by atoms with Crippen molar-refractivity contribution >= 4 is 29.0 Å². The molecule has 0 saturated carbocycles. The molecule has 9 nitrogen and oxygen atoms in total. The molecule has 2 aromatic carbocycles. The number of rotatable bonds is 10. The van der Waals surface area contributed by atoms with Crippen LogP contribution >= 0.6 is 11.8 Å². The summed E-state index contributed by atoms with van der Waals surface area (Å²) in [4.78, 5) is 22.7. The van der Waals surface area contributed by atoms with Crippen molar-refractivity contribution in [2.24, 2.45) is 0 Å². The van der Waals surface area contributed by atoms with Gasteiger partial charge in [0.2, 0.25) is 5.91 Å². The zero-order valence-corrected chi connectivity index (χ0v) is 20.2. The fourth-order valence-corrected chi connectivity index (χ4v) is 3.84. The van der Waals surface area contributed by atoms with Gasteiger partial charge in [0.1, 0.15) is 12.4 Å². The second-order valence-corrected chi connectivity index (χ2v) is 9.45. The zero-order chi connectivity index (χ0) is 24.7. The predicted molar refractivity (Wildman–Crippen MR) is 132 cm³/mol. The third-order valence-corrected chi connectivity index (χ3v) is 5.83. The molecule has 178 valence electrons. The Morgan fingerprint density at radius 2 is 1.97 bits per heavy atom. The van der Waals surface area contributed by atoms with Crippen LogP contribution < -0.4 is 10.1 Å². The highest BCUT2D eigenvalue weighted by atomic mass is 32.2. The molecule has 0 radical (unpaired) electrons. The molecule has 0 bridgehead atoms. The fourth-order valence-electron chi connectivity index (χ4n) is 3.07. The molecule has 34 heavy (non-hydrogen) atoms. The van der Waals surface area contributed by atoms with Crippen LogP contribution in [-0.4, -0.2) is 31.3 Å². The number of carbonyl (C=O) groups is 1. The number of thioether (sulfide) groups is 1. The van der Waals surface area contributed by atoms with Crippen LogP contribution in [0, 0.1) is 10.1 Å². The summed E-state index contributed by atoms with van der Waals surface area (Å²) in [6, 6.07) is 13.8. The van der Waals surface area contributed by atoms with Crippen LogP contribution in [0.5, 0.6) is 5.75 Å². The van der Waals surface area contributed by atoms with E-state index in [1.807, 2.05) is 28.8 Å². The van der Waals surface area contributed by atoms with Gasteiger partial charge in [-0.15, -0.1) is 16.8 Å². The average Bonchev–Trinajstić information content (AvgIpc) is 3.18. The molecule has 3 aromatic rings. The maximum Gasteiger partial charge on any atom is 0.271 e. The van der Waals surface area contributed by atoms with Crippen molar-refractivity contribution in [3.63, 3.8) is 0 Å². The number of benzene rings is 2. The highest BCUT2D eigenvalue weighted by Gasteiger charge is 2.16. The molecule has 0 spiro atoms. The predicted octanol–water partition coefficient (Wildman–Crippen LogP) is 4.98. The number of hydrogen-bond donors (Lipinski definition) is 1. The van der Waals surface area contributed by atoms with E-state index in [-0.39, 0.29) is 29.4 Å². The Hall–Kier alpha value is -3.66. The molecule has 0 saturated heterocycles. The summed E-state index contributed by atoms with van der Waals surface area (Å²) in [6.45, 7) is 10.9. The van der Waals surface area contributed by atoms with Gasteiger partial charge in [-0.05, 0) is 29.2 Å². The van der Waals surface area contributed by atoms with Crippen molar-refractivity contribution in [1.29, 1.82) is 0 Å². The zero-order valence-electron chi connectivity index (χ0n) is 19.4. The molecular weight excluding hydrogens is 454 g/mol. The van der Waals surface area contributed by atoms with Crippen LogP contribution in [-0.2, 0) is 23.4 Å². The lowest BCUT2D eigenvalue weighted by atomic mass is 9.87. The molecule has 1 N–H and O–H groups in total. The minimum atomic E-state index is -0.509. The maximum atomic E-state index is 12.3. The van der Waals surface area contributed by atoms with Gasteiger partial charge in [0, 0.05) is 24.4 Å². The van der Waals surface area contributed by atoms with Crippen molar-refractivity contribution in [2.75, 3.05) is 11.1 Å². The Balaban J connectivity index is 1.61. The number of hydrogen-bond acceptors (Lipinski definition) is 7. The van der Waals surface area contributed by atoms with E-state index in [1.54, 1.807) is 12.1 Å². The van der Waals surface area contributed by atoms with Gasteiger partial charge in [-0.2, -0.15) is 0 Å². The highest BCUT2D eigenvalue weighted by molar-refractivity contribution is 7.99. The quantitative estimate of drug-likeness (QED) is 0.188. The number of nitro benzene ring substituents is 1. The van der Waals surface area contributed by atoms with Gasteiger partial charge >= 0.3 is 0 Å². The summed E-state index contributed by atoms with van der Waals surface area (Å²) in [5.41, 5.74) is 1.56. The third-order valence-electron chi connectivity index (χ3n) is 4.87. The summed E-state index contributed by atoms with van der Waals surface area (Å²) in [5.74, 6) is 1.09. The number of carbonyl (C=O) groups excluding carboxylic acids is 1. The Bertz CT molecular complexity index is 1170. The first-order valence-electron chi connectivity index (χ1n) is 10.6. The van der Waals surface area contributed by atoms with E-state index < -0.39 is 4.92 Å². The van der Waals surface area contributed by atoms with Gasteiger partial charge in [0.05, 0.1) is 10.7 Å². The molecule has 0 fully saturated rings. The number of ether oxygens (including phenoxy) is 1. The Kier molecular flexibility index (Phi) is 8.06. The SMILES string of the molecule is C=CCn1c(COc2ccc(C(C)(C)C)cc2)nnc1SCC(=O)Nc1cccc([N+](=O)[O-])c1. The van der Waals surface area contributed by atoms with Crippen LogP contribution in [0.1, 0.15) is 32.2 Å². The second kappa shape index (κ2) is 11.0. The molecular formula is C24H27N5O4S. The summed E-state index contributed by atoms with van der Waals surface area (Å²) in [6.07, 6.45) is 1.72. The largest absolute Gasteiger partial charge is 0.486 e. The van der Waals surface area contributed by atoms with Gasteiger partial charge in [0.25, 0.3) is 5.69 Å². The van der Waals surface area contributed by atoms with Crippen molar-refractivity contribution in [2.45, 2.75) is 44.5 Å². The normalized spacial score (nSPS) is 11.1. The Morgan fingerprint density at radius 1 is 1.24 bits per heavy atom. The number of anilines is 1. The van der Waals surface area contributed by atoms with Gasteiger partial charge in [-0.3, -0.25) is 19.5 Å². The first-order chi connectivity index (χ1) is 16.2. The van der Waals surface area contributed by atoms with E-state index in [2.05, 4.69) is 42.9 Å². The number of amides is 1. The molecule has 1 aromatic heterocycles. The van der Waals surface area contributed by atoms with E-state index in [0.29, 0.717) is 23.2 Å². The number of non-ortho nitro benzene ring substituents is 1. The lowest BCUT2D eigenvalue weighted by Crippen LogP contribution is -2.15. The van der Waals surface area contributed by atoms with Gasteiger partial charge in [-0.25, -0.2) is 0 Å². The smallest absolute Gasteiger partial charge is 0.271 e. The van der Waals surface area contributed by atoms with Crippen molar-refractivity contribution in [3.05, 3.63) is 82.7 Å². The van der Waals surface area contributed by atoms with Crippen molar-refractivity contribution < 1.29 is 14.5 Å². The third kappa shape index (κ3) is 6.67. The molecule has 0 aliphatic heterocycles. The molecule has 0 unspecified atom stereocenters. The molecule has 0 aliphatic rings. The number of nitrogens with zero attached hydrogens (tertiary/aromatic N) is 4. The van der Waals surface area contributed by atoms with Gasteiger partial charge in [-0.1, -0.05) is 56.8 Å². The molecule has 0 atom stereocenters. The van der Waals surface area contributed by atoms with Gasteiger partial charge in [0.15, 0.2) is 11.0 Å². The number of nitro groups is 1. The maximum absolute atomic E-state index is 12.3. The van der Waals surface area contributed by atoms with E-state index in [1.165, 1.54) is 35.5 Å². The minimum Gasteiger partial charge on any atom is -0.486 e. The number of nitrogens with one attached hydrogen (secondary N) is 1. The molecule has 3 rings (SSSR count). The first kappa shape index (κ1) is 25.0. The average molecular weight is 482 g/mol. The lowest BCUT2D eigenvalue weighted by Gasteiger charge is -2.19. The van der Waals surface area contributed by atoms with Crippen LogP contribution in [0.3, 0.4) is 0 Å². The fraction of sp³-hybridized carbons (Fsp3) is 0.292. The minimum absolute atomic E-state index is 0.0626. The monoisotopic (exact) mass is 481 g/mol. The van der Waals surface area contributed by atoms with Crippen molar-refractivity contribution in [3.8, 4) is 5.75 Å². The summed E-state index contributed by atoms with van der Waals surface area (Å²) < 4.78 is 7.73. The standard InChI is InChI=1S/C24H27N5O4S/c1-5-13-28-21(15-33-20-11-9-17(10-12-20)24(2,3)4)26-27-23(28)34-16-22(30)25-18-7-6-8-19(14-18)29(31)32/h5-12,14H,1,13,15-16H2,2-4H3,(H,25,30).